The minimum absolute atomic E-state index is 0.0637. The van der Waals surface area contributed by atoms with Crippen LogP contribution in [-0.2, 0) is 9.59 Å². The number of nitrogens with one attached hydrogen (secondary N) is 1. The average molecular weight is 338 g/mol. The molecule has 1 aliphatic heterocycles. The SMILES string of the molecule is COc1ccccc1N1CC(C(=O)Nc2c(C)cccc2C)CC1=O. The molecule has 2 aromatic carbocycles. The van der Waals surface area contributed by atoms with Crippen LogP contribution in [0.2, 0.25) is 0 Å². The van der Waals surface area contributed by atoms with Crippen LogP contribution in [0.3, 0.4) is 0 Å². The van der Waals surface area contributed by atoms with E-state index in [0.29, 0.717) is 18.0 Å². The molecule has 1 N–H and O–H groups in total. The number of methoxy groups -OCH3 is 1. The summed E-state index contributed by atoms with van der Waals surface area (Å²) in [5.74, 6) is 0.0670. The number of para-hydroxylation sites is 3. The first kappa shape index (κ1) is 17.0. The highest BCUT2D eigenvalue weighted by Gasteiger charge is 2.36. The first-order valence-corrected chi connectivity index (χ1v) is 8.31. The first-order chi connectivity index (χ1) is 12.0. The Morgan fingerprint density at radius 3 is 2.48 bits per heavy atom. The third-order valence-corrected chi connectivity index (χ3v) is 4.60. The fourth-order valence-corrected chi connectivity index (χ4v) is 3.21. The van der Waals surface area contributed by atoms with Crippen LogP contribution >= 0.6 is 0 Å². The molecule has 1 fully saturated rings. The highest BCUT2D eigenvalue weighted by Crippen LogP contribution is 2.33. The van der Waals surface area contributed by atoms with Crippen molar-refractivity contribution in [2.24, 2.45) is 5.92 Å². The molecule has 130 valence electrons. The summed E-state index contributed by atoms with van der Waals surface area (Å²) < 4.78 is 5.33. The number of ether oxygens (including phenoxy) is 1. The van der Waals surface area contributed by atoms with Crippen LogP contribution in [0.4, 0.5) is 11.4 Å². The Bertz CT molecular complexity index is 796. The average Bonchev–Trinajstić information content (AvgIpc) is 3.00. The van der Waals surface area contributed by atoms with E-state index in [1.54, 1.807) is 12.0 Å². The van der Waals surface area contributed by atoms with Gasteiger partial charge >= 0.3 is 0 Å². The Hall–Kier alpha value is -2.82. The van der Waals surface area contributed by atoms with Gasteiger partial charge in [0.2, 0.25) is 11.8 Å². The van der Waals surface area contributed by atoms with Gasteiger partial charge in [0.1, 0.15) is 5.75 Å². The zero-order valence-corrected chi connectivity index (χ0v) is 14.7. The molecule has 3 rings (SSSR count). The van der Waals surface area contributed by atoms with Crippen LogP contribution in [0.5, 0.6) is 5.75 Å². The minimum Gasteiger partial charge on any atom is -0.495 e. The predicted octanol–water partition coefficient (Wildman–Crippen LogP) is 3.30. The number of amides is 2. The van der Waals surface area contributed by atoms with Crippen LogP contribution in [0.1, 0.15) is 17.5 Å². The maximum atomic E-state index is 12.7. The van der Waals surface area contributed by atoms with E-state index in [0.717, 1.165) is 16.8 Å². The largest absolute Gasteiger partial charge is 0.495 e. The smallest absolute Gasteiger partial charge is 0.229 e. The Kier molecular flexibility index (Phi) is 4.74. The van der Waals surface area contributed by atoms with Gasteiger partial charge in [-0.25, -0.2) is 0 Å². The van der Waals surface area contributed by atoms with Gasteiger partial charge in [-0.1, -0.05) is 30.3 Å². The van der Waals surface area contributed by atoms with E-state index < -0.39 is 0 Å². The summed E-state index contributed by atoms with van der Waals surface area (Å²) in [6.45, 7) is 4.28. The van der Waals surface area contributed by atoms with Crippen LogP contribution in [0, 0.1) is 19.8 Å². The summed E-state index contributed by atoms with van der Waals surface area (Å²) in [4.78, 5) is 26.7. The maximum absolute atomic E-state index is 12.7. The summed E-state index contributed by atoms with van der Waals surface area (Å²) in [6.07, 6.45) is 0.203. The Balaban J connectivity index is 1.77. The molecule has 0 bridgehead atoms. The molecule has 1 atom stereocenters. The topological polar surface area (TPSA) is 58.6 Å². The van der Waals surface area contributed by atoms with Crippen molar-refractivity contribution in [3.8, 4) is 5.75 Å². The third kappa shape index (κ3) is 3.36. The van der Waals surface area contributed by atoms with Gasteiger partial charge in [-0.2, -0.15) is 0 Å². The number of carbonyl (C=O) groups excluding carboxylic acids is 2. The summed E-state index contributed by atoms with van der Waals surface area (Å²) in [6, 6.07) is 13.2. The minimum atomic E-state index is -0.378. The Labute approximate surface area is 147 Å². The van der Waals surface area contributed by atoms with E-state index in [1.807, 2.05) is 56.3 Å². The van der Waals surface area contributed by atoms with E-state index in [9.17, 15) is 9.59 Å². The lowest BCUT2D eigenvalue weighted by atomic mass is 10.1. The van der Waals surface area contributed by atoms with Gasteiger partial charge in [-0.15, -0.1) is 0 Å². The van der Waals surface area contributed by atoms with Crippen molar-refractivity contribution in [3.05, 3.63) is 53.6 Å². The molecule has 1 saturated heterocycles. The van der Waals surface area contributed by atoms with Crippen molar-refractivity contribution < 1.29 is 14.3 Å². The van der Waals surface area contributed by atoms with Crippen LogP contribution < -0.4 is 15.0 Å². The molecule has 0 radical (unpaired) electrons. The van der Waals surface area contributed by atoms with Gasteiger partial charge in [0, 0.05) is 18.7 Å². The number of anilines is 2. The summed E-state index contributed by atoms with van der Waals surface area (Å²) in [7, 11) is 1.57. The standard InChI is InChI=1S/C20H22N2O3/c1-13-7-6-8-14(2)19(13)21-20(24)15-11-18(23)22(12-15)16-9-4-5-10-17(16)25-3/h4-10,15H,11-12H2,1-3H3,(H,21,24). The summed E-state index contributed by atoms with van der Waals surface area (Å²) in [5, 5.41) is 2.99. The normalized spacial score (nSPS) is 16.8. The summed E-state index contributed by atoms with van der Waals surface area (Å²) >= 11 is 0. The number of hydrogen-bond acceptors (Lipinski definition) is 3. The molecule has 0 aromatic heterocycles. The van der Waals surface area contributed by atoms with E-state index in [4.69, 9.17) is 4.74 Å². The van der Waals surface area contributed by atoms with Crippen LogP contribution in [0.15, 0.2) is 42.5 Å². The van der Waals surface area contributed by atoms with E-state index in [-0.39, 0.29) is 24.2 Å². The number of benzene rings is 2. The third-order valence-electron chi connectivity index (χ3n) is 4.60. The van der Waals surface area contributed by atoms with Crippen molar-refractivity contribution in [1.82, 2.24) is 0 Å². The number of aryl methyl sites for hydroxylation is 2. The van der Waals surface area contributed by atoms with Gasteiger partial charge < -0.3 is 15.0 Å². The van der Waals surface area contributed by atoms with Crippen molar-refractivity contribution in [2.45, 2.75) is 20.3 Å². The van der Waals surface area contributed by atoms with Crippen molar-refractivity contribution >= 4 is 23.2 Å². The van der Waals surface area contributed by atoms with Crippen molar-refractivity contribution in [1.29, 1.82) is 0 Å². The monoisotopic (exact) mass is 338 g/mol. The van der Waals surface area contributed by atoms with Gasteiger partial charge in [-0.3, -0.25) is 9.59 Å². The molecule has 1 aliphatic rings. The molecule has 25 heavy (non-hydrogen) atoms. The van der Waals surface area contributed by atoms with Crippen LogP contribution in [0.25, 0.3) is 0 Å². The molecular weight excluding hydrogens is 316 g/mol. The lowest BCUT2D eigenvalue weighted by Crippen LogP contribution is -2.28. The number of carbonyl (C=O) groups is 2. The number of nitrogens with zero attached hydrogens (tertiary/aromatic N) is 1. The molecule has 1 unspecified atom stereocenters. The molecule has 0 saturated carbocycles. The van der Waals surface area contributed by atoms with Crippen molar-refractivity contribution in [3.63, 3.8) is 0 Å². The lowest BCUT2D eigenvalue weighted by molar-refractivity contribution is -0.122. The van der Waals surface area contributed by atoms with Crippen LogP contribution in [-0.4, -0.2) is 25.5 Å². The Morgan fingerprint density at radius 1 is 1.12 bits per heavy atom. The maximum Gasteiger partial charge on any atom is 0.229 e. The second kappa shape index (κ2) is 6.97. The highest BCUT2D eigenvalue weighted by atomic mass is 16.5. The van der Waals surface area contributed by atoms with Gasteiger partial charge in [0.15, 0.2) is 0 Å². The van der Waals surface area contributed by atoms with Gasteiger partial charge in [0.25, 0.3) is 0 Å². The molecule has 2 aromatic rings. The van der Waals surface area contributed by atoms with Gasteiger partial charge in [0.05, 0.1) is 18.7 Å². The lowest BCUT2D eigenvalue weighted by Gasteiger charge is -2.19. The molecule has 0 aliphatic carbocycles. The molecule has 5 nitrogen and oxygen atoms in total. The molecule has 2 amide bonds. The molecule has 5 heteroatoms. The second-order valence-corrected chi connectivity index (χ2v) is 6.33. The molecular formula is C20H22N2O3. The number of hydrogen-bond donors (Lipinski definition) is 1. The zero-order valence-electron chi connectivity index (χ0n) is 14.7. The van der Waals surface area contributed by atoms with Gasteiger partial charge in [-0.05, 0) is 37.1 Å². The predicted molar refractivity (Wildman–Crippen MR) is 98.0 cm³/mol. The fourth-order valence-electron chi connectivity index (χ4n) is 3.21. The van der Waals surface area contributed by atoms with E-state index >= 15 is 0 Å². The summed E-state index contributed by atoms with van der Waals surface area (Å²) in [5.41, 5.74) is 3.56. The molecule has 1 heterocycles. The quantitative estimate of drug-likeness (QED) is 0.930. The zero-order chi connectivity index (χ0) is 18.0. The van der Waals surface area contributed by atoms with Crippen molar-refractivity contribution in [2.75, 3.05) is 23.9 Å². The first-order valence-electron chi connectivity index (χ1n) is 8.31. The number of rotatable bonds is 4. The van der Waals surface area contributed by atoms with E-state index in [2.05, 4.69) is 5.32 Å². The second-order valence-electron chi connectivity index (χ2n) is 6.33. The fraction of sp³-hybridized carbons (Fsp3) is 0.300. The highest BCUT2D eigenvalue weighted by molar-refractivity contribution is 6.04. The van der Waals surface area contributed by atoms with E-state index in [1.165, 1.54) is 0 Å². The molecule has 0 spiro atoms. The Morgan fingerprint density at radius 2 is 1.80 bits per heavy atom.